The number of hydrogen-bond acceptors (Lipinski definition) is 3. The third-order valence-electron chi connectivity index (χ3n) is 4.58. The van der Waals surface area contributed by atoms with Gasteiger partial charge in [0.05, 0.1) is 0 Å². The minimum atomic E-state index is -0.304. The van der Waals surface area contributed by atoms with Crippen molar-refractivity contribution >= 4 is 5.91 Å². The van der Waals surface area contributed by atoms with Crippen molar-refractivity contribution in [3.8, 4) is 11.1 Å². The zero-order valence-electron chi connectivity index (χ0n) is 15.9. The minimum Gasteiger partial charge on any atom is -0.309 e. The molecule has 0 aliphatic carbocycles. The molecule has 0 heterocycles. The van der Waals surface area contributed by atoms with E-state index < -0.39 is 0 Å². The first-order valence-electron chi connectivity index (χ1n) is 9.34. The van der Waals surface area contributed by atoms with Crippen molar-refractivity contribution in [3.05, 3.63) is 59.7 Å². The second kappa shape index (κ2) is 10.7. The van der Waals surface area contributed by atoms with E-state index in [1.54, 1.807) is 5.48 Å². The summed E-state index contributed by atoms with van der Waals surface area (Å²) in [5, 5.41) is 8.45. The van der Waals surface area contributed by atoms with Gasteiger partial charge < -0.3 is 4.90 Å². The van der Waals surface area contributed by atoms with Gasteiger partial charge in [0.1, 0.15) is 0 Å². The number of carbonyl (C=O) groups excluding carboxylic acids is 1. The lowest BCUT2D eigenvalue weighted by molar-refractivity contribution is -0.129. The predicted molar refractivity (Wildman–Crippen MR) is 106 cm³/mol. The SMILES string of the molecule is CN(C)CCc1ccc(-c2ccc(CCCCCC(=O)NO)cc2)cc1. The van der Waals surface area contributed by atoms with Gasteiger partial charge in [-0.25, -0.2) is 5.48 Å². The Hall–Kier alpha value is -2.17. The van der Waals surface area contributed by atoms with Gasteiger partial charge >= 0.3 is 0 Å². The van der Waals surface area contributed by atoms with E-state index in [9.17, 15) is 4.79 Å². The molecule has 2 N–H and O–H groups in total. The molecular formula is C22H30N2O2. The smallest absolute Gasteiger partial charge is 0.243 e. The molecule has 2 aromatic carbocycles. The lowest BCUT2D eigenvalue weighted by Crippen LogP contribution is -2.17. The number of benzene rings is 2. The number of hydrogen-bond donors (Lipinski definition) is 2. The number of rotatable bonds is 10. The van der Waals surface area contributed by atoms with Crippen LogP contribution in [0, 0.1) is 0 Å². The van der Waals surface area contributed by atoms with E-state index in [4.69, 9.17) is 5.21 Å². The molecule has 0 fully saturated rings. The Morgan fingerprint density at radius 1 is 0.846 bits per heavy atom. The normalized spacial score (nSPS) is 10.9. The predicted octanol–water partition coefficient (Wildman–Crippen LogP) is 4.07. The second-order valence-corrected chi connectivity index (χ2v) is 7.04. The Balaban J connectivity index is 1.80. The molecule has 0 bridgehead atoms. The zero-order chi connectivity index (χ0) is 18.8. The molecule has 140 valence electrons. The van der Waals surface area contributed by atoms with Crippen molar-refractivity contribution in [2.45, 2.75) is 38.5 Å². The summed E-state index contributed by atoms with van der Waals surface area (Å²) in [6.45, 7) is 1.07. The summed E-state index contributed by atoms with van der Waals surface area (Å²) in [6, 6.07) is 17.6. The maximum absolute atomic E-state index is 10.9. The van der Waals surface area contributed by atoms with Crippen molar-refractivity contribution in [1.29, 1.82) is 0 Å². The van der Waals surface area contributed by atoms with Gasteiger partial charge in [0.25, 0.3) is 0 Å². The molecule has 0 aliphatic heterocycles. The molecule has 0 saturated heterocycles. The Kier molecular flexibility index (Phi) is 8.32. The average Bonchev–Trinajstić information content (AvgIpc) is 2.67. The number of nitrogens with zero attached hydrogens (tertiary/aromatic N) is 1. The zero-order valence-corrected chi connectivity index (χ0v) is 15.9. The summed E-state index contributed by atoms with van der Waals surface area (Å²) < 4.78 is 0. The summed E-state index contributed by atoms with van der Waals surface area (Å²) in [5.74, 6) is -0.304. The van der Waals surface area contributed by atoms with Crippen molar-refractivity contribution in [2.75, 3.05) is 20.6 Å². The summed E-state index contributed by atoms with van der Waals surface area (Å²) in [5.41, 5.74) is 6.85. The van der Waals surface area contributed by atoms with Crippen LogP contribution in [-0.4, -0.2) is 36.7 Å². The number of hydroxylamine groups is 1. The van der Waals surface area contributed by atoms with Crippen molar-refractivity contribution in [2.24, 2.45) is 0 Å². The molecule has 0 atom stereocenters. The Labute approximate surface area is 156 Å². The van der Waals surface area contributed by atoms with Crippen LogP contribution in [0.4, 0.5) is 0 Å². The first kappa shape index (κ1) is 20.1. The highest BCUT2D eigenvalue weighted by molar-refractivity contribution is 5.74. The summed E-state index contributed by atoms with van der Waals surface area (Å²) >= 11 is 0. The summed E-state index contributed by atoms with van der Waals surface area (Å²) in [4.78, 5) is 13.1. The highest BCUT2D eigenvalue weighted by atomic mass is 16.5. The molecule has 2 rings (SSSR count). The third-order valence-corrected chi connectivity index (χ3v) is 4.58. The molecule has 4 heteroatoms. The fourth-order valence-electron chi connectivity index (χ4n) is 2.93. The van der Waals surface area contributed by atoms with Gasteiger partial charge in [-0.1, -0.05) is 55.0 Å². The van der Waals surface area contributed by atoms with Gasteiger partial charge in [0, 0.05) is 13.0 Å². The molecule has 0 saturated carbocycles. The third kappa shape index (κ3) is 6.98. The monoisotopic (exact) mass is 354 g/mol. The van der Waals surface area contributed by atoms with Crippen molar-refractivity contribution in [1.82, 2.24) is 10.4 Å². The van der Waals surface area contributed by atoms with Crippen LogP contribution >= 0.6 is 0 Å². The minimum absolute atomic E-state index is 0.304. The van der Waals surface area contributed by atoms with Crippen LogP contribution < -0.4 is 5.48 Å². The van der Waals surface area contributed by atoms with Gasteiger partial charge in [-0.2, -0.15) is 0 Å². The van der Waals surface area contributed by atoms with E-state index >= 15 is 0 Å². The molecule has 4 nitrogen and oxygen atoms in total. The molecule has 0 spiro atoms. The molecule has 0 unspecified atom stereocenters. The number of carbonyl (C=O) groups is 1. The van der Waals surface area contributed by atoms with E-state index in [0.717, 1.165) is 38.6 Å². The van der Waals surface area contributed by atoms with Crippen LogP contribution in [0.15, 0.2) is 48.5 Å². The second-order valence-electron chi connectivity index (χ2n) is 7.04. The maximum Gasteiger partial charge on any atom is 0.243 e. The van der Waals surface area contributed by atoms with E-state index in [0.29, 0.717) is 6.42 Å². The molecule has 26 heavy (non-hydrogen) atoms. The number of unbranched alkanes of at least 4 members (excludes halogenated alkanes) is 2. The fraction of sp³-hybridized carbons (Fsp3) is 0.409. The Morgan fingerprint density at radius 2 is 1.38 bits per heavy atom. The number of amides is 1. The average molecular weight is 354 g/mol. The Bertz CT molecular complexity index is 664. The van der Waals surface area contributed by atoms with Crippen LogP contribution in [0.5, 0.6) is 0 Å². The highest BCUT2D eigenvalue weighted by Crippen LogP contribution is 2.21. The van der Waals surface area contributed by atoms with E-state index in [2.05, 4.69) is 67.5 Å². The van der Waals surface area contributed by atoms with Crippen LogP contribution in [0.3, 0.4) is 0 Å². The topological polar surface area (TPSA) is 52.6 Å². The van der Waals surface area contributed by atoms with E-state index in [1.807, 2.05) is 0 Å². The highest BCUT2D eigenvalue weighted by Gasteiger charge is 2.02. The molecular weight excluding hydrogens is 324 g/mol. The van der Waals surface area contributed by atoms with Crippen molar-refractivity contribution < 1.29 is 10.0 Å². The van der Waals surface area contributed by atoms with Gasteiger partial charge in [-0.05, 0) is 62.0 Å². The van der Waals surface area contributed by atoms with Gasteiger partial charge in [0.2, 0.25) is 5.91 Å². The number of aryl methyl sites for hydroxylation is 1. The van der Waals surface area contributed by atoms with Gasteiger partial charge in [-0.15, -0.1) is 0 Å². The van der Waals surface area contributed by atoms with Crippen LogP contribution in [0.25, 0.3) is 11.1 Å². The van der Waals surface area contributed by atoms with E-state index in [1.165, 1.54) is 22.3 Å². The van der Waals surface area contributed by atoms with Crippen molar-refractivity contribution in [3.63, 3.8) is 0 Å². The Morgan fingerprint density at radius 3 is 1.88 bits per heavy atom. The van der Waals surface area contributed by atoms with Crippen LogP contribution in [0.2, 0.25) is 0 Å². The van der Waals surface area contributed by atoms with Crippen LogP contribution in [-0.2, 0) is 17.6 Å². The van der Waals surface area contributed by atoms with Gasteiger partial charge in [-0.3, -0.25) is 10.0 Å². The fourth-order valence-corrected chi connectivity index (χ4v) is 2.93. The summed E-state index contributed by atoms with van der Waals surface area (Å²) in [7, 11) is 4.20. The molecule has 0 aliphatic rings. The lowest BCUT2D eigenvalue weighted by atomic mass is 9.99. The molecule has 2 aromatic rings. The lowest BCUT2D eigenvalue weighted by Gasteiger charge is -2.10. The molecule has 1 amide bonds. The number of likely N-dealkylation sites (N-methyl/N-ethyl adjacent to an activating group) is 1. The molecule has 0 radical (unpaired) electrons. The largest absolute Gasteiger partial charge is 0.309 e. The maximum atomic E-state index is 10.9. The number of nitrogens with one attached hydrogen (secondary N) is 1. The van der Waals surface area contributed by atoms with Gasteiger partial charge in [0.15, 0.2) is 0 Å². The van der Waals surface area contributed by atoms with E-state index in [-0.39, 0.29) is 5.91 Å². The first-order valence-corrected chi connectivity index (χ1v) is 9.34. The quantitative estimate of drug-likeness (QED) is 0.384. The molecule has 0 aromatic heterocycles. The first-order chi connectivity index (χ1) is 12.6. The summed E-state index contributed by atoms with van der Waals surface area (Å²) in [6.07, 6.45) is 5.34. The standard InChI is InChI=1S/C22H30N2O2/c1-24(2)17-16-19-10-14-21(15-11-19)20-12-8-18(9-13-20)6-4-3-5-7-22(25)23-26/h8-15,26H,3-7,16-17H2,1-2H3,(H,23,25). The van der Waals surface area contributed by atoms with Crippen LogP contribution in [0.1, 0.15) is 36.8 Å².